The molecule has 1 aromatic carbocycles. The Labute approximate surface area is 212 Å². The Balaban J connectivity index is 1.47. The average Bonchev–Trinajstić information content (AvgIpc) is 3.39. The number of nitrogens with zero attached hydrogens (tertiary/aromatic N) is 2. The van der Waals surface area contributed by atoms with Crippen molar-refractivity contribution in [1.29, 1.82) is 0 Å². The summed E-state index contributed by atoms with van der Waals surface area (Å²) < 4.78 is 24.9. The third-order valence-electron chi connectivity index (χ3n) is 7.69. The Morgan fingerprint density at radius 2 is 1.86 bits per heavy atom. The molecule has 1 saturated heterocycles. The monoisotopic (exact) mass is 510 g/mol. The van der Waals surface area contributed by atoms with Crippen molar-refractivity contribution in [3.8, 4) is 0 Å². The second kappa shape index (κ2) is 9.86. The number of aromatic nitrogens is 1. The van der Waals surface area contributed by atoms with E-state index in [4.69, 9.17) is 0 Å². The van der Waals surface area contributed by atoms with Gasteiger partial charge in [0.15, 0.2) is 9.84 Å². The van der Waals surface area contributed by atoms with Gasteiger partial charge < -0.3 is 20.1 Å². The number of H-pyrrole nitrogens is 1. The van der Waals surface area contributed by atoms with Crippen LogP contribution in [0.1, 0.15) is 54.3 Å². The highest BCUT2D eigenvalue weighted by Gasteiger charge is 2.28. The van der Waals surface area contributed by atoms with Crippen LogP contribution in [-0.4, -0.2) is 74.0 Å². The lowest BCUT2D eigenvalue weighted by molar-refractivity contribution is -0.132. The van der Waals surface area contributed by atoms with Gasteiger partial charge in [-0.1, -0.05) is 6.92 Å². The van der Waals surface area contributed by atoms with Crippen LogP contribution >= 0.6 is 0 Å². The Kier molecular flexibility index (Phi) is 6.78. The number of carbonyl (C=O) groups excluding carboxylic acids is 2. The van der Waals surface area contributed by atoms with Gasteiger partial charge in [-0.25, -0.2) is 8.42 Å². The molecule has 192 valence electrons. The van der Waals surface area contributed by atoms with Gasteiger partial charge in [0.2, 0.25) is 5.91 Å². The molecule has 2 aromatic rings. The van der Waals surface area contributed by atoms with E-state index in [1.807, 2.05) is 11.0 Å². The SMILES string of the molecule is CCS(=O)(=O)c1ccc2c(c1)/C(=C\c1[nH]c3c(c1CCC(=O)N1CCN(C)CC1)CCCC3)C(=O)N2. The molecule has 0 saturated carbocycles. The predicted molar refractivity (Wildman–Crippen MR) is 141 cm³/mol. The molecule has 2 amide bonds. The number of likely N-dealkylation sites (N-methyl/N-ethyl adjacent to an activating group) is 1. The quantitative estimate of drug-likeness (QED) is 0.582. The summed E-state index contributed by atoms with van der Waals surface area (Å²) in [4.78, 5) is 33.8. The predicted octanol–water partition coefficient (Wildman–Crippen LogP) is 2.89. The van der Waals surface area contributed by atoms with E-state index in [1.165, 1.54) is 11.3 Å². The molecule has 1 fully saturated rings. The number of hydrogen-bond donors (Lipinski definition) is 2. The summed E-state index contributed by atoms with van der Waals surface area (Å²) in [6.45, 7) is 4.93. The fraction of sp³-hybridized carbons (Fsp3) is 0.481. The highest BCUT2D eigenvalue weighted by molar-refractivity contribution is 7.91. The average molecular weight is 511 g/mol. The first-order valence-corrected chi connectivity index (χ1v) is 14.5. The standard InChI is InChI=1S/C27H34N4O4S/c1-3-36(34,35)18-8-10-24-21(16-18)22(27(33)29-24)17-25-20(19-6-4-5-7-23(19)28-25)9-11-26(32)31-14-12-30(2)13-15-31/h8,10,16-17,28H,3-7,9,11-15H2,1-2H3,(H,29,33)/b22-17+. The van der Waals surface area contributed by atoms with E-state index in [-0.39, 0.29) is 22.5 Å². The Morgan fingerprint density at radius 1 is 1.11 bits per heavy atom. The van der Waals surface area contributed by atoms with Crippen molar-refractivity contribution in [1.82, 2.24) is 14.8 Å². The van der Waals surface area contributed by atoms with Gasteiger partial charge in [0, 0.05) is 55.2 Å². The topological polar surface area (TPSA) is 103 Å². The maximum Gasteiger partial charge on any atom is 0.256 e. The first-order valence-electron chi connectivity index (χ1n) is 12.9. The molecule has 3 aliphatic rings. The summed E-state index contributed by atoms with van der Waals surface area (Å²) in [5.74, 6) is -0.0740. The molecule has 0 radical (unpaired) electrons. The molecule has 5 rings (SSSR count). The fourth-order valence-electron chi connectivity index (χ4n) is 5.45. The molecule has 0 atom stereocenters. The number of sulfone groups is 1. The summed E-state index contributed by atoms with van der Waals surface area (Å²) in [7, 11) is -1.32. The Bertz CT molecular complexity index is 1330. The number of anilines is 1. The van der Waals surface area contributed by atoms with Gasteiger partial charge in [0.05, 0.1) is 16.2 Å². The van der Waals surface area contributed by atoms with Crippen LogP contribution in [0.3, 0.4) is 0 Å². The molecule has 3 heterocycles. The van der Waals surface area contributed by atoms with Crippen molar-refractivity contribution in [2.75, 3.05) is 44.3 Å². The Hall–Kier alpha value is -2.91. The first-order chi connectivity index (χ1) is 17.3. The largest absolute Gasteiger partial charge is 0.358 e. The number of hydrogen-bond acceptors (Lipinski definition) is 5. The molecule has 0 unspecified atom stereocenters. The van der Waals surface area contributed by atoms with E-state index < -0.39 is 9.84 Å². The second-order valence-electron chi connectivity index (χ2n) is 9.99. The zero-order valence-electron chi connectivity index (χ0n) is 21.0. The highest BCUT2D eigenvalue weighted by Crippen LogP contribution is 2.37. The number of amides is 2. The van der Waals surface area contributed by atoms with Crippen LogP contribution < -0.4 is 5.32 Å². The Morgan fingerprint density at radius 3 is 2.61 bits per heavy atom. The first kappa shape index (κ1) is 24.8. The summed E-state index contributed by atoms with van der Waals surface area (Å²) in [5.41, 5.74) is 6.10. The number of aryl methyl sites for hydroxylation is 1. The molecule has 1 aromatic heterocycles. The van der Waals surface area contributed by atoms with E-state index >= 15 is 0 Å². The number of fused-ring (bicyclic) bond motifs is 2. The van der Waals surface area contributed by atoms with Crippen LogP contribution in [-0.2, 0) is 38.7 Å². The van der Waals surface area contributed by atoms with Crippen molar-refractivity contribution in [3.63, 3.8) is 0 Å². The number of benzene rings is 1. The van der Waals surface area contributed by atoms with Gasteiger partial charge in [0.25, 0.3) is 5.91 Å². The van der Waals surface area contributed by atoms with Gasteiger partial charge in [-0.2, -0.15) is 0 Å². The molecule has 2 N–H and O–H groups in total. The van der Waals surface area contributed by atoms with Crippen LogP contribution in [0.4, 0.5) is 5.69 Å². The molecule has 8 nitrogen and oxygen atoms in total. The number of piperazine rings is 1. The van der Waals surface area contributed by atoms with Crippen molar-refractivity contribution < 1.29 is 18.0 Å². The molecule has 0 spiro atoms. The number of nitrogens with one attached hydrogen (secondary N) is 2. The van der Waals surface area contributed by atoms with E-state index in [9.17, 15) is 18.0 Å². The van der Waals surface area contributed by atoms with E-state index in [2.05, 4.69) is 22.2 Å². The summed E-state index contributed by atoms with van der Waals surface area (Å²) >= 11 is 0. The third-order valence-corrected chi connectivity index (χ3v) is 9.42. The molecule has 9 heteroatoms. The minimum atomic E-state index is -3.40. The van der Waals surface area contributed by atoms with Gasteiger partial charge in [0.1, 0.15) is 0 Å². The van der Waals surface area contributed by atoms with Crippen LogP contribution in [0, 0.1) is 0 Å². The normalized spacial score (nSPS) is 19.3. The summed E-state index contributed by atoms with van der Waals surface area (Å²) in [6, 6.07) is 4.80. The lowest BCUT2D eigenvalue weighted by atomic mass is 9.92. The second-order valence-corrected chi connectivity index (χ2v) is 12.3. The van der Waals surface area contributed by atoms with E-state index in [0.717, 1.165) is 63.1 Å². The molecular formula is C27H34N4O4S. The van der Waals surface area contributed by atoms with Crippen molar-refractivity contribution in [2.24, 2.45) is 0 Å². The fourth-order valence-corrected chi connectivity index (χ4v) is 6.35. The highest BCUT2D eigenvalue weighted by atomic mass is 32.2. The lowest BCUT2D eigenvalue weighted by Crippen LogP contribution is -2.47. The summed E-state index contributed by atoms with van der Waals surface area (Å²) in [6.07, 6.45) is 7.05. The van der Waals surface area contributed by atoms with Crippen LogP contribution in [0.25, 0.3) is 11.6 Å². The molecule has 2 aliphatic heterocycles. The van der Waals surface area contributed by atoms with Crippen LogP contribution in [0.15, 0.2) is 23.1 Å². The van der Waals surface area contributed by atoms with Gasteiger partial charge >= 0.3 is 0 Å². The minimum absolute atomic E-state index is 0.00103. The third kappa shape index (κ3) is 4.74. The maximum atomic E-state index is 13.0. The number of rotatable bonds is 6. The lowest BCUT2D eigenvalue weighted by Gasteiger charge is -2.32. The molecule has 36 heavy (non-hydrogen) atoms. The van der Waals surface area contributed by atoms with E-state index in [0.29, 0.717) is 29.7 Å². The number of aromatic amines is 1. The molecule has 0 bridgehead atoms. The zero-order chi connectivity index (χ0) is 25.4. The minimum Gasteiger partial charge on any atom is -0.358 e. The zero-order valence-corrected chi connectivity index (χ0v) is 21.8. The van der Waals surface area contributed by atoms with Crippen molar-refractivity contribution >= 4 is 39.0 Å². The summed E-state index contributed by atoms with van der Waals surface area (Å²) in [5, 5.41) is 2.86. The smallest absolute Gasteiger partial charge is 0.256 e. The van der Waals surface area contributed by atoms with Crippen LogP contribution in [0.2, 0.25) is 0 Å². The molecular weight excluding hydrogens is 476 g/mol. The van der Waals surface area contributed by atoms with Crippen molar-refractivity contribution in [3.05, 3.63) is 46.3 Å². The van der Waals surface area contributed by atoms with Gasteiger partial charge in [-0.3, -0.25) is 9.59 Å². The number of carbonyl (C=O) groups is 2. The molecule has 1 aliphatic carbocycles. The van der Waals surface area contributed by atoms with Gasteiger partial charge in [-0.15, -0.1) is 0 Å². The van der Waals surface area contributed by atoms with Crippen molar-refractivity contribution in [2.45, 2.75) is 50.3 Å². The van der Waals surface area contributed by atoms with Crippen LogP contribution in [0.5, 0.6) is 0 Å². The van der Waals surface area contributed by atoms with E-state index in [1.54, 1.807) is 25.1 Å². The van der Waals surface area contributed by atoms with Gasteiger partial charge in [-0.05, 0) is 74.6 Å². The maximum absolute atomic E-state index is 13.0.